The average molecular weight is 395 g/mol. The summed E-state index contributed by atoms with van der Waals surface area (Å²) in [6.45, 7) is 5.29. The van der Waals surface area contributed by atoms with Gasteiger partial charge in [0.05, 0.1) is 18.3 Å². The molecule has 1 heterocycles. The average Bonchev–Trinajstić information content (AvgIpc) is 2.36. The molecule has 0 saturated carbocycles. The van der Waals surface area contributed by atoms with Crippen molar-refractivity contribution in [3.05, 3.63) is 28.5 Å². The topological polar surface area (TPSA) is 60.5 Å². The summed E-state index contributed by atoms with van der Waals surface area (Å²) in [7, 11) is 0. The first kappa shape index (κ1) is 19.8. The van der Waals surface area contributed by atoms with Gasteiger partial charge in [-0.2, -0.15) is 0 Å². The highest BCUT2D eigenvalue weighted by Gasteiger charge is 2.38. The molecule has 1 unspecified atom stereocenters. The van der Waals surface area contributed by atoms with Crippen LogP contribution >= 0.6 is 15.9 Å². The van der Waals surface area contributed by atoms with Crippen molar-refractivity contribution in [2.24, 2.45) is 0 Å². The van der Waals surface area contributed by atoms with E-state index in [9.17, 15) is 13.6 Å². The van der Waals surface area contributed by atoms with E-state index in [1.807, 2.05) is 0 Å². The molecule has 130 valence electrons. The molecule has 23 heavy (non-hydrogen) atoms. The summed E-state index contributed by atoms with van der Waals surface area (Å²) in [5.74, 6) is -3.23. The minimum Gasteiger partial charge on any atom is -0.444 e. The van der Waals surface area contributed by atoms with Crippen LogP contribution in [-0.4, -0.2) is 35.2 Å². The molecule has 0 bridgehead atoms. The molecule has 0 saturated heterocycles. The molecule has 0 radical (unpaired) electrons. The Kier molecular flexibility index (Phi) is 6.88. The van der Waals surface area contributed by atoms with Crippen molar-refractivity contribution < 1.29 is 23.0 Å². The van der Waals surface area contributed by atoms with Gasteiger partial charge in [0.1, 0.15) is 12.2 Å². The number of hydrogen-bond acceptors (Lipinski definition) is 4. The van der Waals surface area contributed by atoms with Crippen LogP contribution in [0.2, 0.25) is 0 Å². The van der Waals surface area contributed by atoms with Crippen molar-refractivity contribution in [3.63, 3.8) is 0 Å². The Morgan fingerprint density at radius 3 is 2.65 bits per heavy atom. The van der Waals surface area contributed by atoms with E-state index in [1.165, 1.54) is 6.92 Å². The van der Waals surface area contributed by atoms with Crippen LogP contribution in [0.15, 0.2) is 22.8 Å². The molecule has 8 heteroatoms. The summed E-state index contributed by atoms with van der Waals surface area (Å²) >= 11 is 3.26. The van der Waals surface area contributed by atoms with E-state index < -0.39 is 30.3 Å². The molecule has 0 aromatic carbocycles. The summed E-state index contributed by atoms with van der Waals surface area (Å²) in [4.78, 5) is 15.5. The molecular weight excluding hydrogens is 374 g/mol. The molecule has 1 amide bonds. The van der Waals surface area contributed by atoms with Crippen LogP contribution in [0.4, 0.5) is 13.6 Å². The van der Waals surface area contributed by atoms with Crippen LogP contribution < -0.4 is 5.32 Å². The Balaban J connectivity index is 2.46. The quantitative estimate of drug-likeness (QED) is 0.794. The molecule has 0 aliphatic carbocycles. The standard InChI is InChI=1S/C15H21BrF2N2O3/c1-10(20-13(21)23-14(2,3)4)15(17,18)9-22-8-12-7-11(16)5-6-19-12/h5-7,10H,8-9H2,1-4H3,(H,20,21). The Bertz CT molecular complexity index is 536. The van der Waals surface area contributed by atoms with Crippen LogP contribution in [0, 0.1) is 0 Å². The van der Waals surface area contributed by atoms with E-state index in [0.29, 0.717) is 5.69 Å². The Labute approximate surface area is 142 Å². The summed E-state index contributed by atoms with van der Waals surface area (Å²) in [5, 5.41) is 2.12. The smallest absolute Gasteiger partial charge is 0.408 e. The first-order valence-electron chi connectivity index (χ1n) is 7.05. The number of alkyl halides is 2. The summed E-state index contributed by atoms with van der Waals surface area (Å²) in [5.41, 5.74) is -0.218. The Morgan fingerprint density at radius 1 is 1.43 bits per heavy atom. The predicted molar refractivity (Wildman–Crippen MR) is 85.4 cm³/mol. The molecular formula is C15H21BrF2N2O3. The van der Waals surface area contributed by atoms with Gasteiger partial charge >= 0.3 is 6.09 Å². The monoisotopic (exact) mass is 394 g/mol. The Hall–Kier alpha value is -1.28. The van der Waals surface area contributed by atoms with Gasteiger partial charge in [-0.15, -0.1) is 0 Å². The number of alkyl carbamates (subject to hydrolysis) is 1. The third-order valence-corrected chi connectivity index (χ3v) is 3.18. The number of amides is 1. The largest absolute Gasteiger partial charge is 0.444 e. The lowest BCUT2D eigenvalue weighted by molar-refractivity contribution is -0.102. The first-order valence-corrected chi connectivity index (χ1v) is 7.84. The van der Waals surface area contributed by atoms with Crippen LogP contribution in [0.3, 0.4) is 0 Å². The van der Waals surface area contributed by atoms with E-state index in [2.05, 4.69) is 26.2 Å². The summed E-state index contributed by atoms with van der Waals surface area (Å²) in [6, 6.07) is 1.98. The van der Waals surface area contributed by atoms with E-state index in [4.69, 9.17) is 9.47 Å². The zero-order chi connectivity index (χ0) is 17.7. The molecule has 0 spiro atoms. The molecule has 0 aliphatic rings. The van der Waals surface area contributed by atoms with E-state index in [-0.39, 0.29) is 6.61 Å². The molecule has 1 atom stereocenters. The fourth-order valence-electron chi connectivity index (χ4n) is 1.53. The third-order valence-electron chi connectivity index (χ3n) is 2.69. The normalized spacial score (nSPS) is 13.5. The highest BCUT2D eigenvalue weighted by atomic mass is 79.9. The van der Waals surface area contributed by atoms with Gasteiger partial charge in [0, 0.05) is 10.7 Å². The van der Waals surface area contributed by atoms with Gasteiger partial charge in [-0.1, -0.05) is 15.9 Å². The maximum atomic E-state index is 14.0. The Morgan fingerprint density at radius 2 is 2.09 bits per heavy atom. The number of rotatable bonds is 6. The minimum atomic E-state index is -3.23. The number of pyridine rings is 1. The van der Waals surface area contributed by atoms with Crippen LogP contribution in [0.25, 0.3) is 0 Å². The molecule has 0 fully saturated rings. The number of hydrogen-bond donors (Lipinski definition) is 1. The van der Waals surface area contributed by atoms with Crippen molar-refractivity contribution in [1.82, 2.24) is 10.3 Å². The number of aromatic nitrogens is 1. The van der Waals surface area contributed by atoms with Crippen LogP contribution in [-0.2, 0) is 16.1 Å². The third kappa shape index (κ3) is 7.69. The van der Waals surface area contributed by atoms with E-state index in [1.54, 1.807) is 39.1 Å². The first-order chi connectivity index (χ1) is 10.5. The second-order valence-electron chi connectivity index (χ2n) is 6.09. The number of carbonyl (C=O) groups is 1. The fraction of sp³-hybridized carbons (Fsp3) is 0.600. The second-order valence-corrected chi connectivity index (χ2v) is 7.00. The van der Waals surface area contributed by atoms with Gasteiger partial charge in [0.15, 0.2) is 0 Å². The van der Waals surface area contributed by atoms with Crippen LogP contribution in [0.1, 0.15) is 33.4 Å². The minimum absolute atomic E-state index is 0.0474. The highest BCUT2D eigenvalue weighted by Crippen LogP contribution is 2.20. The number of carbonyl (C=O) groups excluding carboxylic acids is 1. The van der Waals surface area contributed by atoms with Crippen molar-refractivity contribution >= 4 is 22.0 Å². The van der Waals surface area contributed by atoms with Gasteiger partial charge < -0.3 is 14.8 Å². The highest BCUT2D eigenvalue weighted by molar-refractivity contribution is 9.10. The molecule has 1 rings (SSSR count). The zero-order valence-electron chi connectivity index (χ0n) is 13.5. The van der Waals surface area contributed by atoms with Crippen molar-refractivity contribution in [2.75, 3.05) is 6.61 Å². The lowest BCUT2D eigenvalue weighted by atomic mass is 10.2. The molecule has 0 aliphatic heterocycles. The van der Waals surface area contributed by atoms with Crippen molar-refractivity contribution in [2.45, 2.75) is 51.9 Å². The van der Waals surface area contributed by atoms with Gasteiger partial charge in [-0.3, -0.25) is 4.98 Å². The molecule has 1 aromatic rings. The summed E-state index contributed by atoms with van der Waals surface area (Å²) < 4.78 is 38.7. The van der Waals surface area contributed by atoms with Gasteiger partial charge in [0.25, 0.3) is 5.92 Å². The zero-order valence-corrected chi connectivity index (χ0v) is 15.1. The molecule has 1 aromatic heterocycles. The number of ether oxygens (including phenoxy) is 2. The fourth-order valence-corrected chi connectivity index (χ4v) is 1.92. The molecule has 5 nitrogen and oxygen atoms in total. The lowest BCUT2D eigenvalue weighted by Gasteiger charge is -2.26. The van der Waals surface area contributed by atoms with Gasteiger partial charge in [0.2, 0.25) is 0 Å². The van der Waals surface area contributed by atoms with Crippen molar-refractivity contribution in [3.8, 4) is 0 Å². The lowest BCUT2D eigenvalue weighted by Crippen LogP contribution is -2.49. The maximum Gasteiger partial charge on any atom is 0.408 e. The molecule has 1 N–H and O–H groups in total. The van der Waals surface area contributed by atoms with Crippen molar-refractivity contribution in [1.29, 1.82) is 0 Å². The maximum absolute atomic E-state index is 14.0. The van der Waals surface area contributed by atoms with Gasteiger partial charge in [-0.05, 0) is 39.8 Å². The SMILES string of the molecule is CC(NC(=O)OC(C)(C)C)C(F)(F)COCc1cc(Br)ccn1. The van der Waals surface area contributed by atoms with Crippen LogP contribution in [0.5, 0.6) is 0 Å². The number of nitrogens with one attached hydrogen (secondary N) is 1. The predicted octanol–water partition coefficient (Wildman–Crippen LogP) is 3.91. The van der Waals surface area contributed by atoms with E-state index in [0.717, 1.165) is 4.47 Å². The summed E-state index contributed by atoms with van der Waals surface area (Å²) in [6.07, 6.45) is 0.659. The number of nitrogens with zero attached hydrogens (tertiary/aromatic N) is 1. The van der Waals surface area contributed by atoms with Gasteiger partial charge in [-0.25, -0.2) is 13.6 Å². The second kappa shape index (κ2) is 8.01. The van der Waals surface area contributed by atoms with E-state index >= 15 is 0 Å². The number of halogens is 3.